The number of benzene rings is 1. The normalized spacial score (nSPS) is 14.6. The maximum absolute atomic E-state index is 12.8. The molecule has 5 rings (SSSR count). The second-order valence-electron chi connectivity index (χ2n) is 8.86. The van der Waals surface area contributed by atoms with Crippen molar-refractivity contribution in [3.63, 3.8) is 0 Å². The predicted octanol–water partition coefficient (Wildman–Crippen LogP) is 3.82. The Kier molecular flexibility index (Phi) is 5.53. The van der Waals surface area contributed by atoms with Crippen LogP contribution >= 0.6 is 0 Å². The van der Waals surface area contributed by atoms with E-state index in [0.29, 0.717) is 34.9 Å². The summed E-state index contributed by atoms with van der Waals surface area (Å²) in [4.78, 5) is 33.0. The van der Waals surface area contributed by atoms with E-state index in [4.69, 9.17) is 0 Å². The van der Waals surface area contributed by atoms with Gasteiger partial charge in [-0.25, -0.2) is 4.68 Å². The Morgan fingerprint density at radius 2 is 1.88 bits per heavy atom. The molecule has 0 aliphatic heterocycles. The lowest BCUT2D eigenvalue weighted by atomic mass is 9.87. The van der Waals surface area contributed by atoms with E-state index < -0.39 is 0 Å². The second-order valence-corrected chi connectivity index (χ2v) is 8.86. The number of anilines is 1. The molecular formula is C24H27N7O2. The van der Waals surface area contributed by atoms with Gasteiger partial charge in [-0.2, -0.15) is 19.9 Å². The molecule has 1 saturated carbocycles. The van der Waals surface area contributed by atoms with Crippen LogP contribution in [0.3, 0.4) is 0 Å². The number of aryl methyl sites for hydroxylation is 2. The Balaban J connectivity index is 1.49. The number of aromatic nitrogens is 6. The molecule has 0 spiro atoms. The first-order valence-corrected chi connectivity index (χ1v) is 11.4. The predicted molar refractivity (Wildman–Crippen MR) is 126 cm³/mol. The number of fused-ring (bicyclic) bond motifs is 1. The quantitative estimate of drug-likeness (QED) is 0.485. The van der Waals surface area contributed by atoms with Crippen molar-refractivity contribution in [2.75, 3.05) is 5.32 Å². The number of rotatable bonds is 5. The standard InChI is InChI=1S/C24H27N7O2/c1-15-8-10-18(11-9-15)30-22-19(14-25-30)23(33)28-24(27-22)31-20(12-16(2)29-31)26-21(32)13-17-6-4-3-5-7-17/h8-12,14,17H,3-7,13H2,1-2H3,(H,26,32)(H,27,28,33). The van der Waals surface area contributed by atoms with Crippen molar-refractivity contribution in [1.82, 2.24) is 29.5 Å². The van der Waals surface area contributed by atoms with Gasteiger partial charge in [-0.05, 0) is 44.7 Å². The highest BCUT2D eigenvalue weighted by Crippen LogP contribution is 2.27. The largest absolute Gasteiger partial charge is 0.310 e. The number of H-pyrrole nitrogens is 1. The fraction of sp³-hybridized carbons (Fsp3) is 0.375. The van der Waals surface area contributed by atoms with E-state index in [1.807, 2.05) is 38.1 Å². The average Bonchev–Trinajstić information content (AvgIpc) is 3.38. The molecule has 170 valence electrons. The van der Waals surface area contributed by atoms with Gasteiger partial charge in [0.1, 0.15) is 11.2 Å². The highest BCUT2D eigenvalue weighted by atomic mass is 16.1. The number of carbonyl (C=O) groups is 1. The summed E-state index contributed by atoms with van der Waals surface area (Å²) >= 11 is 0. The lowest BCUT2D eigenvalue weighted by Gasteiger charge is -2.20. The molecule has 9 nitrogen and oxygen atoms in total. The van der Waals surface area contributed by atoms with Crippen molar-refractivity contribution in [2.24, 2.45) is 5.92 Å². The molecule has 0 saturated heterocycles. The fourth-order valence-electron chi connectivity index (χ4n) is 4.48. The molecular weight excluding hydrogens is 418 g/mol. The first-order chi connectivity index (χ1) is 16.0. The van der Waals surface area contributed by atoms with Gasteiger partial charge in [0.2, 0.25) is 11.9 Å². The third kappa shape index (κ3) is 4.30. The summed E-state index contributed by atoms with van der Waals surface area (Å²) < 4.78 is 3.10. The molecule has 0 bridgehead atoms. The Morgan fingerprint density at radius 1 is 1.12 bits per heavy atom. The van der Waals surface area contributed by atoms with Crippen LogP contribution in [0.15, 0.2) is 41.3 Å². The minimum absolute atomic E-state index is 0.0452. The maximum Gasteiger partial charge on any atom is 0.263 e. The van der Waals surface area contributed by atoms with Gasteiger partial charge < -0.3 is 5.32 Å². The number of hydrogen-bond donors (Lipinski definition) is 2. The highest BCUT2D eigenvalue weighted by Gasteiger charge is 2.20. The molecule has 1 aromatic carbocycles. The minimum atomic E-state index is -0.319. The molecule has 9 heteroatoms. The first-order valence-electron chi connectivity index (χ1n) is 11.4. The number of hydrogen-bond acceptors (Lipinski definition) is 5. The van der Waals surface area contributed by atoms with E-state index in [-0.39, 0.29) is 17.4 Å². The lowest BCUT2D eigenvalue weighted by Crippen LogP contribution is -2.21. The van der Waals surface area contributed by atoms with Crippen LogP contribution in [0.4, 0.5) is 5.82 Å². The fourth-order valence-corrected chi connectivity index (χ4v) is 4.48. The third-order valence-electron chi connectivity index (χ3n) is 6.20. The lowest BCUT2D eigenvalue weighted by molar-refractivity contribution is -0.117. The van der Waals surface area contributed by atoms with E-state index in [1.165, 1.54) is 30.1 Å². The second kappa shape index (κ2) is 8.65. The summed E-state index contributed by atoms with van der Waals surface area (Å²) in [5.74, 6) is 1.09. The van der Waals surface area contributed by atoms with E-state index in [1.54, 1.807) is 10.7 Å². The van der Waals surface area contributed by atoms with E-state index >= 15 is 0 Å². The molecule has 1 amide bonds. The molecule has 33 heavy (non-hydrogen) atoms. The van der Waals surface area contributed by atoms with Gasteiger partial charge in [-0.15, -0.1) is 0 Å². The van der Waals surface area contributed by atoms with Crippen LogP contribution in [0.1, 0.15) is 49.8 Å². The molecule has 1 aliphatic rings. The molecule has 0 radical (unpaired) electrons. The third-order valence-corrected chi connectivity index (χ3v) is 6.20. The van der Waals surface area contributed by atoms with Gasteiger partial charge in [-0.3, -0.25) is 14.6 Å². The Morgan fingerprint density at radius 3 is 2.64 bits per heavy atom. The maximum atomic E-state index is 12.8. The SMILES string of the molecule is Cc1ccc(-n2ncc3c(=O)[nH]c(-n4nc(C)cc4NC(=O)CC4CCCCC4)nc32)cc1. The molecule has 0 unspecified atom stereocenters. The average molecular weight is 446 g/mol. The van der Waals surface area contributed by atoms with Crippen LogP contribution < -0.4 is 10.9 Å². The summed E-state index contributed by atoms with van der Waals surface area (Å²) in [5, 5.41) is 12.2. The Labute approximate surface area is 190 Å². The van der Waals surface area contributed by atoms with E-state index in [2.05, 4.69) is 25.5 Å². The van der Waals surface area contributed by atoms with Gasteiger partial charge >= 0.3 is 0 Å². The summed E-state index contributed by atoms with van der Waals surface area (Å²) in [5.41, 5.74) is 2.74. The summed E-state index contributed by atoms with van der Waals surface area (Å²) in [6.07, 6.45) is 7.83. The first kappa shape index (κ1) is 21.1. The van der Waals surface area contributed by atoms with E-state index in [9.17, 15) is 9.59 Å². The van der Waals surface area contributed by atoms with Crippen LogP contribution in [0.5, 0.6) is 0 Å². The van der Waals surface area contributed by atoms with Gasteiger partial charge in [0.05, 0.1) is 17.6 Å². The van der Waals surface area contributed by atoms with Crippen molar-refractivity contribution in [3.05, 3.63) is 58.1 Å². The zero-order valence-corrected chi connectivity index (χ0v) is 18.8. The summed E-state index contributed by atoms with van der Waals surface area (Å²) in [7, 11) is 0. The molecule has 4 aromatic rings. The van der Waals surface area contributed by atoms with Gasteiger partial charge in [0.15, 0.2) is 5.65 Å². The minimum Gasteiger partial charge on any atom is -0.310 e. The van der Waals surface area contributed by atoms with Crippen LogP contribution in [0, 0.1) is 19.8 Å². The van der Waals surface area contributed by atoms with Gasteiger partial charge in [-0.1, -0.05) is 37.0 Å². The van der Waals surface area contributed by atoms with Gasteiger partial charge in [0, 0.05) is 12.5 Å². The number of aromatic amines is 1. The van der Waals surface area contributed by atoms with Crippen molar-refractivity contribution < 1.29 is 4.79 Å². The molecule has 3 aromatic heterocycles. The zero-order valence-electron chi connectivity index (χ0n) is 18.8. The molecule has 1 fully saturated rings. The molecule has 1 aliphatic carbocycles. The van der Waals surface area contributed by atoms with Crippen LogP contribution in [-0.4, -0.2) is 35.4 Å². The summed E-state index contributed by atoms with van der Waals surface area (Å²) in [6, 6.07) is 9.60. The summed E-state index contributed by atoms with van der Waals surface area (Å²) in [6.45, 7) is 3.84. The number of amides is 1. The smallest absolute Gasteiger partial charge is 0.263 e. The van der Waals surface area contributed by atoms with Crippen LogP contribution in [-0.2, 0) is 4.79 Å². The molecule has 3 heterocycles. The monoisotopic (exact) mass is 445 g/mol. The van der Waals surface area contributed by atoms with Crippen LogP contribution in [0.25, 0.3) is 22.7 Å². The topological polar surface area (TPSA) is 110 Å². The van der Waals surface area contributed by atoms with Crippen molar-refractivity contribution in [3.8, 4) is 11.6 Å². The number of nitrogens with zero attached hydrogens (tertiary/aromatic N) is 5. The Bertz CT molecular complexity index is 1360. The van der Waals surface area contributed by atoms with Gasteiger partial charge in [0.25, 0.3) is 5.56 Å². The molecule has 0 atom stereocenters. The Hall–Kier alpha value is -3.75. The highest BCUT2D eigenvalue weighted by molar-refractivity contribution is 5.90. The van der Waals surface area contributed by atoms with Crippen LogP contribution in [0.2, 0.25) is 0 Å². The number of nitrogens with one attached hydrogen (secondary N) is 2. The number of carbonyl (C=O) groups excluding carboxylic acids is 1. The van der Waals surface area contributed by atoms with Crippen molar-refractivity contribution in [2.45, 2.75) is 52.4 Å². The molecule has 2 N–H and O–H groups in total. The van der Waals surface area contributed by atoms with Crippen molar-refractivity contribution >= 4 is 22.8 Å². The zero-order chi connectivity index (χ0) is 22.9. The van der Waals surface area contributed by atoms with Crippen molar-refractivity contribution in [1.29, 1.82) is 0 Å². The van der Waals surface area contributed by atoms with E-state index in [0.717, 1.165) is 24.1 Å².